The second-order valence-electron chi connectivity index (χ2n) is 4.31. The second-order valence-corrected chi connectivity index (χ2v) is 4.31. The van der Waals surface area contributed by atoms with Crippen LogP contribution in [0, 0.1) is 6.92 Å². The zero-order valence-corrected chi connectivity index (χ0v) is 10.0. The highest BCUT2D eigenvalue weighted by Gasteiger charge is 2.30. The minimum absolute atomic E-state index is 0.213. The molecule has 1 aromatic rings. The molecule has 0 aromatic heterocycles. The van der Waals surface area contributed by atoms with Crippen LogP contribution in [0.5, 0.6) is 0 Å². The highest BCUT2D eigenvalue weighted by molar-refractivity contribution is 6.06. The molecule has 0 spiro atoms. The Kier molecular flexibility index (Phi) is 3.13. The minimum Gasteiger partial charge on any atom is -0.373 e. The van der Waals surface area contributed by atoms with E-state index in [0.29, 0.717) is 0 Å². The Hall–Kier alpha value is -1.84. The number of anilines is 1. The summed E-state index contributed by atoms with van der Waals surface area (Å²) < 4.78 is 0. The van der Waals surface area contributed by atoms with Gasteiger partial charge in [-0.25, -0.2) is 0 Å². The van der Waals surface area contributed by atoms with E-state index in [1.165, 1.54) is 11.1 Å². The molecule has 0 saturated carbocycles. The van der Waals surface area contributed by atoms with Crippen molar-refractivity contribution in [3.05, 3.63) is 29.3 Å². The molecule has 1 aliphatic rings. The third-order valence-corrected chi connectivity index (χ3v) is 3.04. The molecule has 4 heteroatoms. The lowest BCUT2D eigenvalue weighted by Gasteiger charge is -2.13. The van der Waals surface area contributed by atoms with Crippen LogP contribution in [-0.4, -0.2) is 17.9 Å². The molecular formula is C13H16N2O2. The monoisotopic (exact) mass is 232 g/mol. The van der Waals surface area contributed by atoms with E-state index in [9.17, 15) is 9.59 Å². The Balaban J connectivity index is 2.14. The van der Waals surface area contributed by atoms with Crippen molar-refractivity contribution in [2.45, 2.75) is 32.7 Å². The summed E-state index contributed by atoms with van der Waals surface area (Å²) in [4.78, 5) is 22.5. The van der Waals surface area contributed by atoms with Crippen LogP contribution < -0.4 is 10.6 Å². The van der Waals surface area contributed by atoms with Crippen molar-refractivity contribution in [2.24, 2.45) is 0 Å². The number of hydrogen-bond donors (Lipinski definition) is 2. The first-order chi connectivity index (χ1) is 8.10. The fraction of sp³-hybridized carbons (Fsp3) is 0.385. The van der Waals surface area contributed by atoms with Gasteiger partial charge in [-0.15, -0.1) is 0 Å². The molecule has 1 aromatic carbocycles. The Bertz CT molecular complexity index is 468. The summed E-state index contributed by atoms with van der Waals surface area (Å²) in [7, 11) is 0. The fourth-order valence-electron chi connectivity index (χ4n) is 2.01. The quantitative estimate of drug-likeness (QED) is 0.774. The number of rotatable bonds is 3. The van der Waals surface area contributed by atoms with Crippen molar-refractivity contribution in [1.29, 1.82) is 0 Å². The molecular weight excluding hydrogens is 216 g/mol. The second kappa shape index (κ2) is 4.57. The van der Waals surface area contributed by atoms with E-state index in [1.807, 2.05) is 18.2 Å². The predicted molar refractivity (Wildman–Crippen MR) is 65.7 cm³/mol. The Morgan fingerprint density at radius 2 is 2.18 bits per heavy atom. The van der Waals surface area contributed by atoms with E-state index in [2.05, 4.69) is 24.5 Å². The summed E-state index contributed by atoms with van der Waals surface area (Å²) in [5, 5.41) is 5.38. The zero-order valence-electron chi connectivity index (χ0n) is 10.0. The van der Waals surface area contributed by atoms with E-state index in [0.717, 1.165) is 12.1 Å². The lowest BCUT2D eigenvalue weighted by Crippen LogP contribution is -2.30. The number of aryl methyl sites for hydroxylation is 2. The number of hydrogen-bond acceptors (Lipinski definition) is 3. The topological polar surface area (TPSA) is 58.2 Å². The number of nitrogens with one attached hydrogen (secondary N) is 2. The molecule has 0 aliphatic carbocycles. The first-order valence-corrected chi connectivity index (χ1v) is 5.80. The summed E-state index contributed by atoms with van der Waals surface area (Å²) in [6.45, 7) is 4.16. The van der Waals surface area contributed by atoms with Crippen LogP contribution in [0.1, 0.15) is 24.5 Å². The molecule has 2 N–H and O–H groups in total. The SMILES string of the molecule is CCc1cc(NC2CC(=O)NC2=O)ccc1C. The smallest absolute Gasteiger partial charge is 0.249 e. The average molecular weight is 232 g/mol. The maximum atomic E-state index is 11.4. The molecule has 0 bridgehead atoms. The molecule has 2 rings (SSSR count). The maximum Gasteiger partial charge on any atom is 0.249 e. The van der Waals surface area contributed by atoms with Crippen LogP contribution >= 0.6 is 0 Å². The number of imide groups is 1. The van der Waals surface area contributed by atoms with Crippen LogP contribution in [0.4, 0.5) is 5.69 Å². The first kappa shape index (κ1) is 11.6. The Labute approximate surface area is 100 Å². The third-order valence-electron chi connectivity index (χ3n) is 3.04. The average Bonchev–Trinajstić information content (AvgIpc) is 2.60. The van der Waals surface area contributed by atoms with Crippen molar-refractivity contribution in [3.8, 4) is 0 Å². The fourth-order valence-corrected chi connectivity index (χ4v) is 2.01. The van der Waals surface area contributed by atoms with Crippen molar-refractivity contribution in [2.75, 3.05) is 5.32 Å². The Morgan fingerprint density at radius 1 is 1.41 bits per heavy atom. The molecule has 1 saturated heterocycles. The van der Waals surface area contributed by atoms with Gasteiger partial charge in [0.1, 0.15) is 6.04 Å². The predicted octanol–water partition coefficient (Wildman–Crippen LogP) is 1.38. The third kappa shape index (κ3) is 2.46. The molecule has 2 amide bonds. The summed E-state index contributed by atoms with van der Waals surface area (Å²) in [6, 6.07) is 5.56. The van der Waals surface area contributed by atoms with Gasteiger partial charge in [0.2, 0.25) is 11.8 Å². The van der Waals surface area contributed by atoms with Gasteiger partial charge in [0.15, 0.2) is 0 Å². The summed E-state index contributed by atoms with van der Waals surface area (Å²) in [5.41, 5.74) is 3.38. The minimum atomic E-state index is -0.435. The van der Waals surface area contributed by atoms with Gasteiger partial charge >= 0.3 is 0 Å². The standard InChI is InChI=1S/C13H16N2O2/c1-3-9-6-10(5-4-8(9)2)14-11-7-12(16)15-13(11)17/h4-6,11,14H,3,7H2,1-2H3,(H,15,16,17). The van der Waals surface area contributed by atoms with Gasteiger partial charge in [-0.2, -0.15) is 0 Å². The van der Waals surface area contributed by atoms with Gasteiger partial charge in [0.25, 0.3) is 0 Å². The molecule has 1 aliphatic heterocycles. The molecule has 1 unspecified atom stereocenters. The van der Waals surface area contributed by atoms with Crippen LogP contribution in [0.3, 0.4) is 0 Å². The normalized spacial score (nSPS) is 19.3. The molecule has 1 fully saturated rings. The summed E-state index contributed by atoms with van der Waals surface area (Å²) in [6.07, 6.45) is 1.17. The summed E-state index contributed by atoms with van der Waals surface area (Å²) >= 11 is 0. The highest BCUT2D eigenvalue weighted by atomic mass is 16.2. The lowest BCUT2D eigenvalue weighted by molar-refractivity contribution is -0.124. The van der Waals surface area contributed by atoms with E-state index < -0.39 is 6.04 Å². The Morgan fingerprint density at radius 3 is 2.76 bits per heavy atom. The number of carbonyl (C=O) groups is 2. The van der Waals surface area contributed by atoms with E-state index in [1.54, 1.807) is 0 Å². The van der Waals surface area contributed by atoms with Crippen molar-refractivity contribution < 1.29 is 9.59 Å². The van der Waals surface area contributed by atoms with Gasteiger partial charge in [-0.05, 0) is 36.6 Å². The van der Waals surface area contributed by atoms with Gasteiger partial charge in [0, 0.05) is 5.69 Å². The first-order valence-electron chi connectivity index (χ1n) is 5.80. The lowest BCUT2D eigenvalue weighted by atomic mass is 10.1. The van der Waals surface area contributed by atoms with Gasteiger partial charge < -0.3 is 5.32 Å². The number of benzene rings is 1. The van der Waals surface area contributed by atoms with E-state index >= 15 is 0 Å². The molecule has 4 nitrogen and oxygen atoms in total. The number of amides is 2. The van der Waals surface area contributed by atoms with Crippen molar-refractivity contribution in [3.63, 3.8) is 0 Å². The van der Waals surface area contributed by atoms with Gasteiger partial charge in [-0.3, -0.25) is 14.9 Å². The number of carbonyl (C=O) groups excluding carboxylic acids is 2. The molecule has 17 heavy (non-hydrogen) atoms. The van der Waals surface area contributed by atoms with Crippen molar-refractivity contribution in [1.82, 2.24) is 5.32 Å². The van der Waals surface area contributed by atoms with Crippen LogP contribution in [0.25, 0.3) is 0 Å². The molecule has 90 valence electrons. The largest absolute Gasteiger partial charge is 0.373 e. The van der Waals surface area contributed by atoms with Gasteiger partial charge in [-0.1, -0.05) is 13.0 Å². The van der Waals surface area contributed by atoms with Crippen LogP contribution in [-0.2, 0) is 16.0 Å². The van der Waals surface area contributed by atoms with Crippen LogP contribution in [0.2, 0.25) is 0 Å². The van der Waals surface area contributed by atoms with E-state index in [-0.39, 0.29) is 18.2 Å². The van der Waals surface area contributed by atoms with Crippen LogP contribution in [0.15, 0.2) is 18.2 Å². The zero-order chi connectivity index (χ0) is 12.4. The van der Waals surface area contributed by atoms with Crippen molar-refractivity contribution >= 4 is 17.5 Å². The van der Waals surface area contributed by atoms with Gasteiger partial charge in [0.05, 0.1) is 6.42 Å². The molecule has 1 atom stereocenters. The highest BCUT2D eigenvalue weighted by Crippen LogP contribution is 2.18. The van der Waals surface area contributed by atoms with E-state index in [4.69, 9.17) is 0 Å². The molecule has 1 heterocycles. The maximum absolute atomic E-state index is 11.4. The summed E-state index contributed by atoms with van der Waals surface area (Å²) in [5.74, 6) is -0.455. The molecule has 0 radical (unpaired) electrons.